The van der Waals surface area contributed by atoms with E-state index in [4.69, 9.17) is 5.73 Å². The number of likely N-dealkylation sites (tertiary alicyclic amines) is 1. The summed E-state index contributed by atoms with van der Waals surface area (Å²) in [5.41, 5.74) is 6.86. The van der Waals surface area contributed by atoms with Gasteiger partial charge in [0.2, 0.25) is 17.7 Å². The first-order valence-electron chi connectivity index (χ1n) is 13.0. The lowest BCUT2D eigenvalue weighted by Crippen LogP contribution is -2.55. The molecule has 2 aromatic rings. The molecular formula is C27H37F2N5O2. The molecule has 1 aromatic carbocycles. The minimum Gasteiger partial charge on any atom is -0.383 e. The highest BCUT2D eigenvalue weighted by Crippen LogP contribution is 2.33. The molecule has 4 N–H and O–H groups in total. The first-order valence-corrected chi connectivity index (χ1v) is 13.0. The van der Waals surface area contributed by atoms with Gasteiger partial charge in [-0.25, -0.2) is 13.8 Å². The molecular weight excluding hydrogens is 464 g/mol. The van der Waals surface area contributed by atoms with Crippen molar-refractivity contribution < 1.29 is 18.4 Å². The summed E-state index contributed by atoms with van der Waals surface area (Å²) >= 11 is 0. The number of carbonyl (C=O) groups excluding carboxylic acids is 2. The third-order valence-electron chi connectivity index (χ3n) is 7.32. The topological polar surface area (TPSA) is 100 Å². The van der Waals surface area contributed by atoms with Gasteiger partial charge in [0.25, 0.3) is 0 Å². The van der Waals surface area contributed by atoms with Crippen molar-refractivity contribution in [1.82, 2.24) is 20.5 Å². The van der Waals surface area contributed by atoms with Crippen LogP contribution in [0.25, 0.3) is 10.8 Å². The summed E-state index contributed by atoms with van der Waals surface area (Å²) < 4.78 is 27.2. The van der Waals surface area contributed by atoms with Gasteiger partial charge in [-0.1, -0.05) is 26.0 Å². The zero-order valence-electron chi connectivity index (χ0n) is 21.1. The molecule has 7 nitrogen and oxygen atoms in total. The summed E-state index contributed by atoms with van der Waals surface area (Å²) in [6.45, 7) is 4.95. The molecule has 1 aliphatic carbocycles. The molecule has 196 valence electrons. The van der Waals surface area contributed by atoms with Crippen molar-refractivity contribution in [3.05, 3.63) is 36.0 Å². The number of hydrogen-bond donors (Lipinski definition) is 3. The molecule has 2 heterocycles. The average Bonchev–Trinajstić information content (AvgIpc) is 3.33. The number of rotatable bonds is 8. The van der Waals surface area contributed by atoms with Crippen molar-refractivity contribution in [2.45, 2.75) is 89.4 Å². The van der Waals surface area contributed by atoms with E-state index in [1.807, 2.05) is 38.1 Å². The van der Waals surface area contributed by atoms with Gasteiger partial charge in [0.05, 0.1) is 6.04 Å². The van der Waals surface area contributed by atoms with Crippen LogP contribution in [0.5, 0.6) is 0 Å². The zero-order valence-corrected chi connectivity index (χ0v) is 21.1. The Hall–Kier alpha value is -2.81. The van der Waals surface area contributed by atoms with E-state index in [0.29, 0.717) is 44.6 Å². The summed E-state index contributed by atoms with van der Waals surface area (Å²) in [6.07, 6.45) is 4.03. The Bertz CT molecular complexity index is 1080. The standard InChI is InChI=1S/C27H37F2N5O2/c1-17(2)14-22(33-20-7-10-27(28,29)11-8-20)26(36)34-13-3-4-23(34)25(35)32-16-18-5-6-21-19(15-18)9-12-31-24(21)30/h5-6,9,12,15,17,20,22-23,33H,3-4,7-8,10-11,13-14,16H2,1-2H3,(H2,30,31)(H,32,35)/t22-,23+/m1/s1. The third-order valence-corrected chi connectivity index (χ3v) is 7.32. The first kappa shape index (κ1) is 26.3. The number of benzene rings is 1. The number of nitrogens with two attached hydrogens (primary N) is 1. The van der Waals surface area contributed by atoms with E-state index in [1.165, 1.54) is 0 Å². The van der Waals surface area contributed by atoms with Crippen LogP contribution >= 0.6 is 0 Å². The van der Waals surface area contributed by atoms with Gasteiger partial charge in [-0.3, -0.25) is 9.59 Å². The summed E-state index contributed by atoms with van der Waals surface area (Å²) in [6, 6.07) is 6.55. The Kier molecular flexibility index (Phi) is 8.07. The minimum atomic E-state index is -2.61. The average molecular weight is 502 g/mol. The zero-order chi connectivity index (χ0) is 25.9. The quantitative estimate of drug-likeness (QED) is 0.508. The molecule has 1 saturated heterocycles. The van der Waals surface area contributed by atoms with Gasteiger partial charge in [-0.2, -0.15) is 0 Å². The molecule has 2 amide bonds. The fourth-order valence-corrected chi connectivity index (χ4v) is 5.37. The van der Waals surface area contributed by atoms with Crippen molar-refractivity contribution in [3.63, 3.8) is 0 Å². The van der Waals surface area contributed by atoms with E-state index in [-0.39, 0.29) is 36.6 Å². The van der Waals surface area contributed by atoms with Crippen LogP contribution < -0.4 is 16.4 Å². The normalized spacial score (nSPS) is 21.1. The highest BCUT2D eigenvalue weighted by atomic mass is 19.3. The van der Waals surface area contributed by atoms with Crippen LogP contribution in [-0.2, 0) is 16.1 Å². The van der Waals surface area contributed by atoms with Gasteiger partial charge < -0.3 is 21.3 Å². The number of carbonyl (C=O) groups is 2. The van der Waals surface area contributed by atoms with E-state index in [2.05, 4.69) is 15.6 Å². The van der Waals surface area contributed by atoms with Crippen LogP contribution in [0.3, 0.4) is 0 Å². The van der Waals surface area contributed by atoms with Crippen molar-refractivity contribution >= 4 is 28.4 Å². The summed E-state index contributed by atoms with van der Waals surface area (Å²) in [7, 11) is 0. The van der Waals surface area contributed by atoms with Crippen LogP contribution in [0.15, 0.2) is 30.5 Å². The number of anilines is 1. The highest BCUT2D eigenvalue weighted by molar-refractivity contribution is 5.92. The van der Waals surface area contributed by atoms with Gasteiger partial charge in [-0.15, -0.1) is 0 Å². The Labute approximate surface area is 211 Å². The smallest absolute Gasteiger partial charge is 0.248 e. The van der Waals surface area contributed by atoms with Crippen LogP contribution in [-0.4, -0.2) is 52.3 Å². The SMILES string of the molecule is CC(C)C[C@@H](NC1CCC(F)(F)CC1)C(=O)N1CCC[C@H]1C(=O)NCc1ccc2c(N)nccc2c1. The van der Waals surface area contributed by atoms with Gasteiger partial charge in [0, 0.05) is 43.6 Å². The van der Waals surface area contributed by atoms with Gasteiger partial charge >= 0.3 is 0 Å². The number of amides is 2. The molecule has 0 spiro atoms. The maximum Gasteiger partial charge on any atom is 0.248 e. The molecule has 4 rings (SSSR count). The second-order valence-electron chi connectivity index (χ2n) is 10.6. The number of nitrogens with zero attached hydrogens (tertiary/aromatic N) is 2. The van der Waals surface area contributed by atoms with Crippen LogP contribution in [0.2, 0.25) is 0 Å². The molecule has 2 fully saturated rings. The number of alkyl halides is 2. The van der Waals surface area contributed by atoms with Crippen molar-refractivity contribution in [2.75, 3.05) is 12.3 Å². The van der Waals surface area contributed by atoms with Gasteiger partial charge in [-0.05, 0) is 61.1 Å². The lowest BCUT2D eigenvalue weighted by Gasteiger charge is -2.34. The largest absolute Gasteiger partial charge is 0.383 e. The Morgan fingerprint density at radius 2 is 1.94 bits per heavy atom. The van der Waals surface area contributed by atoms with Crippen LogP contribution in [0.1, 0.15) is 64.4 Å². The van der Waals surface area contributed by atoms with Crippen LogP contribution in [0, 0.1) is 5.92 Å². The van der Waals surface area contributed by atoms with Crippen molar-refractivity contribution in [1.29, 1.82) is 0 Å². The summed E-state index contributed by atoms with van der Waals surface area (Å²) in [4.78, 5) is 32.5. The fourth-order valence-electron chi connectivity index (χ4n) is 5.37. The second-order valence-corrected chi connectivity index (χ2v) is 10.6. The number of hydrogen-bond acceptors (Lipinski definition) is 5. The molecule has 2 atom stereocenters. The Morgan fingerprint density at radius 1 is 1.19 bits per heavy atom. The molecule has 0 unspecified atom stereocenters. The molecule has 36 heavy (non-hydrogen) atoms. The van der Waals surface area contributed by atoms with E-state index in [0.717, 1.165) is 22.8 Å². The van der Waals surface area contributed by atoms with E-state index < -0.39 is 18.0 Å². The second kappa shape index (κ2) is 11.1. The number of fused-ring (bicyclic) bond motifs is 1. The van der Waals surface area contributed by atoms with Gasteiger partial charge in [0.15, 0.2) is 0 Å². The maximum absolute atomic E-state index is 13.6. The van der Waals surface area contributed by atoms with E-state index in [9.17, 15) is 18.4 Å². The minimum absolute atomic E-state index is 0.104. The van der Waals surface area contributed by atoms with E-state index in [1.54, 1.807) is 11.1 Å². The molecule has 0 bridgehead atoms. The number of halogens is 2. The molecule has 1 saturated carbocycles. The monoisotopic (exact) mass is 501 g/mol. The van der Waals surface area contributed by atoms with Crippen molar-refractivity contribution in [2.24, 2.45) is 5.92 Å². The lowest BCUT2D eigenvalue weighted by molar-refractivity contribution is -0.140. The number of pyridine rings is 1. The predicted octanol–water partition coefficient (Wildman–Crippen LogP) is 4.01. The third kappa shape index (κ3) is 6.30. The first-order chi connectivity index (χ1) is 17.1. The molecule has 2 aliphatic rings. The number of nitrogen functional groups attached to an aromatic ring is 1. The Morgan fingerprint density at radius 3 is 2.67 bits per heavy atom. The van der Waals surface area contributed by atoms with Gasteiger partial charge in [0.1, 0.15) is 11.9 Å². The molecule has 9 heteroatoms. The maximum atomic E-state index is 13.6. The van der Waals surface area contributed by atoms with E-state index >= 15 is 0 Å². The lowest BCUT2D eigenvalue weighted by atomic mass is 9.90. The summed E-state index contributed by atoms with van der Waals surface area (Å²) in [5.74, 6) is -2.16. The molecule has 1 aromatic heterocycles. The number of aromatic nitrogens is 1. The Balaban J connectivity index is 1.38. The highest BCUT2D eigenvalue weighted by Gasteiger charge is 2.40. The van der Waals surface area contributed by atoms with Crippen LogP contribution in [0.4, 0.5) is 14.6 Å². The van der Waals surface area contributed by atoms with Crippen molar-refractivity contribution in [3.8, 4) is 0 Å². The number of nitrogens with one attached hydrogen (secondary N) is 2. The molecule has 1 aliphatic heterocycles. The predicted molar refractivity (Wildman–Crippen MR) is 136 cm³/mol. The summed E-state index contributed by atoms with van der Waals surface area (Å²) in [5, 5.41) is 8.18. The fraction of sp³-hybridized carbons (Fsp3) is 0.593. The molecule has 0 radical (unpaired) electrons.